The standard InChI is InChI=1S/C16H17N3O/c1-11-8-15(16(20-3)10-18-11)19-12(2)14-6-4-13(9-17)5-7-14/h4-8,10,12H,1-3H3,(H,18,19). The Morgan fingerprint density at radius 3 is 2.60 bits per heavy atom. The number of anilines is 1. The summed E-state index contributed by atoms with van der Waals surface area (Å²) in [7, 11) is 1.63. The Kier molecular flexibility index (Phi) is 4.21. The fraction of sp³-hybridized carbons (Fsp3) is 0.250. The van der Waals surface area contributed by atoms with E-state index in [4.69, 9.17) is 10.00 Å². The number of aryl methyl sites for hydroxylation is 1. The monoisotopic (exact) mass is 267 g/mol. The molecule has 0 aliphatic carbocycles. The van der Waals surface area contributed by atoms with Crippen LogP contribution >= 0.6 is 0 Å². The topological polar surface area (TPSA) is 57.9 Å². The molecule has 0 amide bonds. The molecule has 0 radical (unpaired) electrons. The van der Waals surface area contributed by atoms with Crippen molar-refractivity contribution in [3.63, 3.8) is 0 Å². The molecule has 0 aliphatic rings. The Labute approximate surface area is 119 Å². The lowest BCUT2D eigenvalue weighted by atomic mass is 10.1. The van der Waals surface area contributed by atoms with Crippen molar-refractivity contribution >= 4 is 5.69 Å². The molecule has 20 heavy (non-hydrogen) atoms. The Bertz CT molecular complexity index is 629. The first kappa shape index (κ1) is 13.9. The van der Waals surface area contributed by atoms with Crippen LogP contribution in [0.2, 0.25) is 0 Å². The average molecular weight is 267 g/mol. The highest BCUT2D eigenvalue weighted by molar-refractivity contribution is 5.57. The van der Waals surface area contributed by atoms with Crippen molar-refractivity contribution in [1.82, 2.24) is 4.98 Å². The first-order chi connectivity index (χ1) is 9.63. The first-order valence-corrected chi connectivity index (χ1v) is 6.41. The number of hydrogen-bond acceptors (Lipinski definition) is 4. The normalized spacial score (nSPS) is 11.5. The number of benzene rings is 1. The van der Waals surface area contributed by atoms with E-state index in [0.29, 0.717) is 5.56 Å². The van der Waals surface area contributed by atoms with Gasteiger partial charge in [0, 0.05) is 11.7 Å². The van der Waals surface area contributed by atoms with Crippen molar-refractivity contribution in [2.24, 2.45) is 0 Å². The first-order valence-electron chi connectivity index (χ1n) is 6.41. The van der Waals surface area contributed by atoms with Gasteiger partial charge in [-0.3, -0.25) is 4.98 Å². The molecule has 102 valence electrons. The molecule has 0 bridgehead atoms. The van der Waals surface area contributed by atoms with Crippen LogP contribution in [0.3, 0.4) is 0 Å². The van der Waals surface area contributed by atoms with E-state index in [1.165, 1.54) is 0 Å². The minimum Gasteiger partial charge on any atom is -0.493 e. The average Bonchev–Trinajstić information content (AvgIpc) is 2.47. The highest BCUT2D eigenvalue weighted by atomic mass is 16.5. The van der Waals surface area contributed by atoms with Crippen molar-refractivity contribution in [2.75, 3.05) is 12.4 Å². The van der Waals surface area contributed by atoms with E-state index in [0.717, 1.165) is 22.7 Å². The molecule has 1 atom stereocenters. The van der Waals surface area contributed by atoms with Gasteiger partial charge >= 0.3 is 0 Å². The number of nitriles is 1. The second-order valence-electron chi connectivity index (χ2n) is 4.63. The molecule has 1 unspecified atom stereocenters. The second kappa shape index (κ2) is 6.07. The van der Waals surface area contributed by atoms with Crippen LogP contribution in [0.5, 0.6) is 5.75 Å². The molecule has 0 saturated heterocycles. The predicted molar refractivity (Wildman–Crippen MR) is 78.7 cm³/mol. The maximum atomic E-state index is 8.81. The molecule has 1 aromatic carbocycles. The quantitative estimate of drug-likeness (QED) is 0.921. The highest BCUT2D eigenvalue weighted by Crippen LogP contribution is 2.28. The summed E-state index contributed by atoms with van der Waals surface area (Å²) in [5.41, 5.74) is 3.62. The van der Waals surface area contributed by atoms with Crippen molar-refractivity contribution in [3.05, 3.63) is 53.3 Å². The van der Waals surface area contributed by atoms with E-state index >= 15 is 0 Å². The second-order valence-corrected chi connectivity index (χ2v) is 4.63. The third-order valence-corrected chi connectivity index (χ3v) is 3.14. The Morgan fingerprint density at radius 1 is 1.30 bits per heavy atom. The van der Waals surface area contributed by atoms with Crippen molar-refractivity contribution in [1.29, 1.82) is 5.26 Å². The summed E-state index contributed by atoms with van der Waals surface area (Å²) in [6.45, 7) is 4.01. The van der Waals surface area contributed by atoms with Crippen molar-refractivity contribution in [2.45, 2.75) is 19.9 Å². The van der Waals surface area contributed by atoms with Gasteiger partial charge in [0.2, 0.25) is 0 Å². The van der Waals surface area contributed by atoms with Gasteiger partial charge in [0.1, 0.15) is 0 Å². The van der Waals surface area contributed by atoms with E-state index in [9.17, 15) is 0 Å². The minimum atomic E-state index is 0.110. The van der Waals surface area contributed by atoms with Crippen LogP contribution in [0.4, 0.5) is 5.69 Å². The van der Waals surface area contributed by atoms with Gasteiger partial charge in [-0.1, -0.05) is 12.1 Å². The predicted octanol–water partition coefficient (Wildman–Crippen LogP) is 3.44. The third kappa shape index (κ3) is 3.07. The zero-order valence-corrected chi connectivity index (χ0v) is 11.8. The van der Waals surface area contributed by atoms with Crippen LogP contribution in [0.1, 0.15) is 29.8 Å². The third-order valence-electron chi connectivity index (χ3n) is 3.14. The van der Waals surface area contributed by atoms with Crippen LogP contribution in [0, 0.1) is 18.3 Å². The molecular formula is C16H17N3O. The van der Waals surface area contributed by atoms with Gasteiger partial charge in [0.15, 0.2) is 5.75 Å². The van der Waals surface area contributed by atoms with Gasteiger partial charge in [-0.05, 0) is 37.6 Å². The maximum absolute atomic E-state index is 8.81. The summed E-state index contributed by atoms with van der Waals surface area (Å²) in [6.07, 6.45) is 1.71. The van der Waals surface area contributed by atoms with E-state index in [1.807, 2.05) is 37.3 Å². The van der Waals surface area contributed by atoms with Crippen molar-refractivity contribution in [3.8, 4) is 11.8 Å². The molecule has 0 spiro atoms. The maximum Gasteiger partial charge on any atom is 0.160 e. The van der Waals surface area contributed by atoms with E-state index in [-0.39, 0.29) is 6.04 Å². The van der Waals surface area contributed by atoms with Crippen LogP contribution in [0.15, 0.2) is 36.5 Å². The summed E-state index contributed by atoms with van der Waals surface area (Å²) in [6, 6.07) is 11.7. The fourth-order valence-corrected chi connectivity index (χ4v) is 1.99. The number of aromatic nitrogens is 1. The zero-order valence-electron chi connectivity index (χ0n) is 11.8. The lowest BCUT2D eigenvalue weighted by molar-refractivity contribution is 0.414. The van der Waals surface area contributed by atoms with Crippen LogP contribution in [0.25, 0.3) is 0 Å². The van der Waals surface area contributed by atoms with Gasteiger partial charge in [0.25, 0.3) is 0 Å². The number of nitrogens with one attached hydrogen (secondary N) is 1. The van der Waals surface area contributed by atoms with Crippen molar-refractivity contribution < 1.29 is 4.74 Å². The van der Waals surface area contributed by atoms with E-state index < -0.39 is 0 Å². The SMILES string of the molecule is COc1cnc(C)cc1NC(C)c1ccc(C#N)cc1. The van der Waals surface area contributed by atoms with Gasteiger partial charge in [-0.15, -0.1) is 0 Å². The molecule has 0 aliphatic heterocycles. The number of nitrogens with zero attached hydrogens (tertiary/aromatic N) is 2. The molecular weight excluding hydrogens is 250 g/mol. The lowest BCUT2D eigenvalue weighted by Crippen LogP contribution is -2.08. The van der Waals surface area contributed by atoms with E-state index in [2.05, 4.69) is 23.3 Å². The molecule has 4 heteroatoms. The van der Waals surface area contributed by atoms with Crippen LogP contribution in [-0.4, -0.2) is 12.1 Å². The molecule has 1 heterocycles. The van der Waals surface area contributed by atoms with Crippen LogP contribution < -0.4 is 10.1 Å². The summed E-state index contributed by atoms with van der Waals surface area (Å²) in [4.78, 5) is 4.21. The molecule has 1 N–H and O–H groups in total. The number of ether oxygens (including phenoxy) is 1. The van der Waals surface area contributed by atoms with Crippen LogP contribution in [-0.2, 0) is 0 Å². The molecule has 0 saturated carbocycles. The summed E-state index contributed by atoms with van der Waals surface area (Å²) in [5.74, 6) is 0.719. The van der Waals surface area contributed by atoms with Gasteiger partial charge in [-0.25, -0.2) is 0 Å². The Morgan fingerprint density at radius 2 is 2.00 bits per heavy atom. The highest BCUT2D eigenvalue weighted by Gasteiger charge is 2.09. The Hall–Kier alpha value is -2.54. The van der Waals surface area contributed by atoms with E-state index in [1.54, 1.807) is 13.3 Å². The summed E-state index contributed by atoms with van der Waals surface area (Å²) < 4.78 is 5.31. The molecule has 2 rings (SSSR count). The molecule has 1 aromatic heterocycles. The zero-order chi connectivity index (χ0) is 14.5. The smallest absolute Gasteiger partial charge is 0.160 e. The largest absolute Gasteiger partial charge is 0.493 e. The van der Waals surface area contributed by atoms with Gasteiger partial charge in [0.05, 0.1) is 30.6 Å². The Balaban J connectivity index is 2.20. The summed E-state index contributed by atoms with van der Waals surface area (Å²) in [5, 5.41) is 12.2. The summed E-state index contributed by atoms with van der Waals surface area (Å²) >= 11 is 0. The minimum absolute atomic E-state index is 0.110. The van der Waals surface area contributed by atoms with Gasteiger partial charge < -0.3 is 10.1 Å². The fourth-order valence-electron chi connectivity index (χ4n) is 1.99. The number of hydrogen-bond donors (Lipinski definition) is 1. The lowest BCUT2D eigenvalue weighted by Gasteiger charge is -2.18. The number of rotatable bonds is 4. The molecule has 0 fully saturated rings. The number of pyridine rings is 1. The molecule has 2 aromatic rings. The number of methoxy groups -OCH3 is 1. The molecule has 4 nitrogen and oxygen atoms in total. The van der Waals surface area contributed by atoms with Gasteiger partial charge in [-0.2, -0.15) is 5.26 Å².